The van der Waals surface area contributed by atoms with Crippen LogP contribution in [0.5, 0.6) is 0 Å². The van der Waals surface area contributed by atoms with Crippen molar-refractivity contribution < 1.29 is 27.8 Å². The van der Waals surface area contributed by atoms with Crippen molar-refractivity contribution in [3.05, 3.63) is 11.3 Å². The minimum Gasteiger partial charge on any atom is -0.464 e. The van der Waals surface area contributed by atoms with E-state index in [1.807, 2.05) is 0 Å². The summed E-state index contributed by atoms with van der Waals surface area (Å²) in [5, 5.41) is 2.32. The molecule has 1 fully saturated rings. The van der Waals surface area contributed by atoms with Crippen LogP contribution in [0.1, 0.15) is 46.5 Å². The van der Waals surface area contributed by atoms with E-state index in [0.29, 0.717) is 5.57 Å². The van der Waals surface area contributed by atoms with E-state index in [2.05, 4.69) is 10.1 Å². The minimum atomic E-state index is -2.73. The fourth-order valence-electron chi connectivity index (χ4n) is 1.96. The lowest BCUT2D eigenvalue weighted by Crippen LogP contribution is -2.36. The minimum absolute atomic E-state index is 0.0350. The van der Waals surface area contributed by atoms with Gasteiger partial charge in [-0.1, -0.05) is 0 Å². The maximum atomic E-state index is 13.2. The molecule has 21 heavy (non-hydrogen) atoms. The van der Waals surface area contributed by atoms with Gasteiger partial charge in [-0.3, -0.25) is 5.32 Å². The van der Waals surface area contributed by atoms with Crippen LogP contribution in [0.2, 0.25) is 0 Å². The van der Waals surface area contributed by atoms with Gasteiger partial charge in [0.1, 0.15) is 11.3 Å². The molecular formula is C14H21F2NO4. The Labute approximate surface area is 122 Å². The number of hydrogen-bond acceptors (Lipinski definition) is 4. The van der Waals surface area contributed by atoms with Gasteiger partial charge in [0, 0.05) is 12.8 Å². The van der Waals surface area contributed by atoms with Gasteiger partial charge in [0.15, 0.2) is 0 Å². The lowest BCUT2D eigenvalue weighted by molar-refractivity contribution is -0.136. The van der Waals surface area contributed by atoms with E-state index in [9.17, 15) is 18.4 Å². The Bertz CT molecular complexity index is 440. The van der Waals surface area contributed by atoms with Gasteiger partial charge in [-0.05, 0) is 39.2 Å². The molecule has 0 saturated heterocycles. The van der Waals surface area contributed by atoms with E-state index in [1.54, 1.807) is 20.8 Å². The van der Waals surface area contributed by atoms with E-state index in [0.717, 1.165) is 7.11 Å². The standard InChI is InChI=1S/C14H21F2NO4/c1-13(2,3)21-12(19)17-10(11(18)20-4)9-5-7-14(15,16)8-6-9/h5-8H2,1-4H3,(H,17,19). The van der Waals surface area contributed by atoms with Crippen LogP contribution < -0.4 is 5.32 Å². The first-order valence-electron chi connectivity index (χ1n) is 6.72. The number of alkyl halides is 2. The molecule has 7 heteroatoms. The van der Waals surface area contributed by atoms with Crippen molar-refractivity contribution in [1.29, 1.82) is 0 Å². The molecule has 0 unspecified atom stereocenters. The SMILES string of the molecule is COC(=O)C(NC(=O)OC(C)(C)C)=C1CCC(F)(F)CC1. The molecule has 0 aromatic carbocycles. The average molecular weight is 305 g/mol. The molecule has 1 amide bonds. The second-order valence-electron chi connectivity index (χ2n) is 5.95. The first kappa shape index (κ1) is 17.4. The van der Waals surface area contributed by atoms with Gasteiger partial charge in [-0.2, -0.15) is 0 Å². The zero-order chi connectivity index (χ0) is 16.3. The summed E-state index contributed by atoms with van der Waals surface area (Å²) in [6.45, 7) is 5.04. The second kappa shape index (κ2) is 6.41. The molecule has 0 spiro atoms. The number of hydrogen-bond donors (Lipinski definition) is 1. The monoisotopic (exact) mass is 305 g/mol. The van der Waals surface area contributed by atoms with Gasteiger partial charge in [-0.25, -0.2) is 18.4 Å². The summed E-state index contributed by atoms with van der Waals surface area (Å²) in [4.78, 5) is 23.5. The zero-order valence-electron chi connectivity index (χ0n) is 12.7. The maximum Gasteiger partial charge on any atom is 0.412 e. The van der Waals surface area contributed by atoms with Crippen molar-refractivity contribution >= 4 is 12.1 Å². The number of rotatable bonds is 2. The Morgan fingerprint density at radius 1 is 1.19 bits per heavy atom. The number of alkyl carbamates (subject to hydrolysis) is 1. The normalized spacial score (nSPS) is 17.9. The van der Waals surface area contributed by atoms with Crippen molar-refractivity contribution in [3.63, 3.8) is 0 Å². The fraction of sp³-hybridized carbons (Fsp3) is 0.714. The van der Waals surface area contributed by atoms with E-state index >= 15 is 0 Å². The molecule has 1 aliphatic rings. The van der Waals surface area contributed by atoms with Gasteiger partial charge >= 0.3 is 12.1 Å². The summed E-state index contributed by atoms with van der Waals surface area (Å²) >= 11 is 0. The number of halogens is 2. The molecule has 0 aromatic heterocycles. The molecule has 0 aromatic rings. The van der Waals surface area contributed by atoms with Crippen molar-refractivity contribution in [3.8, 4) is 0 Å². The smallest absolute Gasteiger partial charge is 0.412 e. The Morgan fingerprint density at radius 3 is 2.14 bits per heavy atom. The predicted molar refractivity (Wildman–Crippen MR) is 71.8 cm³/mol. The van der Waals surface area contributed by atoms with Crippen LogP contribution in [0.15, 0.2) is 11.3 Å². The van der Waals surface area contributed by atoms with Crippen LogP contribution in [-0.4, -0.2) is 30.7 Å². The summed E-state index contributed by atoms with van der Waals surface area (Å²) in [6, 6.07) is 0. The van der Waals surface area contributed by atoms with Crippen molar-refractivity contribution in [1.82, 2.24) is 5.32 Å². The second-order valence-corrected chi connectivity index (χ2v) is 5.95. The number of esters is 1. The molecule has 0 aliphatic heterocycles. The number of allylic oxidation sites excluding steroid dienone is 1. The third kappa shape index (κ3) is 5.69. The van der Waals surface area contributed by atoms with Gasteiger partial charge in [-0.15, -0.1) is 0 Å². The molecule has 0 atom stereocenters. The first-order valence-corrected chi connectivity index (χ1v) is 6.72. The molecule has 1 N–H and O–H groups in total. The van der Waals surface area contributed by atoms with Crippen LogP contribution in [0, 0.1) is 0 Å². The van der Waals surface area contributed by atoms with Crippen molar-refractivity contribution in [2.45, 2.75) is 58.0 Å². The first-order chi connectivity index (χ1) is 9.54. The Hall–Kier alpha value is -1.66. The topological polar surface area (TPSA) is 64.6 Å². The van der Waals surface area contributed by atoms with Gasteiger partial charge in [0.2, 0.25) is 5.92 Å². The van der Waals surface area contributed by atoms with Crippen molar-refractivity contribution in [2.75, 3.05) is 7.11 Å². The summed E-state index contributed by atoms with van der Waals surface area (Å²) < 4.78 is 36.0. The van der Waals surface area contributed by atoms with Crippen LogP contribution in [0.25, 0.3) is 0 Å². The highest BCUT2D eigenvalue weighted by atomic mass is 19.3. The molecule has 0 heterocycles. The van der Waals surface area contributed by atoms with Crippen LogP contribution >= 0.6 is 0 Å². The molecule has 5 nitrogen and oxygen atoms in total. The Balaban J connectivity index is 2.87. The average Bonchev–Trinajstić information content (AvgIpc) is 2.33. The zero-order valence-corrected chi connectivity index (χ0v) is 12.7. The van der Waals surface area contributed by atoms with E-state index < -0.39 is 23.6 Å². The molecule has 120 valence electrons. The number of carbonyl (C=O) groups is 2. The molecular weight excluding hydrogens is 284 g/mol. The van der Waals surface area contributed by atoms with Crippen molar-refractivity contribution in [2.24, 2.45) is 0 Å². The summed E-state index contributed by atoms with van der Waals surface area (Å²) in [5.74, 6) is -3.49. The largest absolute Gasteiger partial charge is 0.464 e. The van der Waals surface area contributed by atoms with Crippen LogP contribution in [0.3, 0.4) is 0 Å². The predicted octanol–water partition coefficient (Wildman–Crippen LogP) is 3.15. The summed E-state index contributed by atoms with van der Waals surface area (Å²) in [7, 11) is 1.16. The van der Waals surface area contributed by atoms with Crippen LogP contribution in [-0.2, 0) is 14.3 Å². The molecule has 0 bridgehead atoms. The van der Waals surface area contributed by atoms with Gasteiger partial charge < -0.3 is 9.47 Å². The number of nitrogens with one attached hydrogen (secondary N) is 1. The summed E-state index contributed by atoms with van der Waals surface area (Å²) in [6.07, 6.45) is -1.44. The van der Waals surface area contributed by atoms with Gasteiger partial charge in [0.05, 0.1) is 7.11 Å². The molecule has 1 rings (SSSR count). The third-order valence-electron chi connectivity index (χ3n) is 2.95. The third-order valence-corrected chi connectivity index (χ3v) is 2.95. The molecule has 0 radical (unpaired) electrons. The fourth-order valence-corrected chi connectivity index (χ4v) is 1.96. The number of ether oxygens (including phenoxy) is 2. The van der Waals surface area contributed by atoms with E-state index in [-0.39, 0.29) is 31.4 Å². The number of methoxy groups -OCH3 is 1. The number of amides is 1. The lowest BCUT2D eigenvalue weighted by Gasteiger charge is -2.26. The highest BCUT2D eigenvalue weighted by Crippen LogP contribution is 2.36. The quantitative estimate of drug-likeness (QED) is 0.629. The highest BCUT2D eigenvalue weighted by molar-refractivity contribution is 5.93. The highest BCUT2D eigenvalue weighted by Gasteiger charge is 2.35. The maximum absolute atomic E-state index is 13.2. The summed E-state index contributed by atoms with van der Waals surface area (Å²) in [5.41, 5.74) is -0.365. The Kier molecular flexibility index (Phi) is 5.31. The van der Waals surface area contributed by atoms with Gasteiger partial charge in [0.25, 0.3) is 0 Å². The van der Waals surface area contributed by atoms with E-state index in [1.165, 1.54) is 0 Å². The molecule has 1 aliphatic carbocycles. The van der Waals surface area contributed by atoms with Crippen LogP contribution in [0.4, 0.5) is 13.6 Å². The lowest BCUT2D eigenvalue weighted by atomic mass is 9.90. The molecule has 1 saturated carbocycles. The Morgan fingerprint density at radius 2 is 1.71 bits per heavy atom. The number of carbonyl (C=O) groups excluding carboxylic acids is 2. The van der Waals surface area contributed by atoms with E-state index in [4.69, 9.17) is 4.74 Å².